The standard InChI is InChI=1S/C20H19NO4S2/c1-13-18(27-19(21-13)14-7-9-15(24-2)10-8-14)20(23)25-11-3-5-16(22)17-6-4-12-26-17/h4,6-10,12H,3,5,11H2,1-2H3. The Kier molecular flexibility index (Phi) is 6.36. The largest absolute Gasteiger partial charge is 0.497 e. The van der Waals surface area contributed by atoms with Gasteiger partial charge in [0.25, 0.3) is 0 Å². The highest BCUT2D eigenvalue weighted by molar-refractivity contribution is 7.17. The number of hydrogen-bond donors (Lipinski definition) is 0. The molecule has 27 heavy (non-hydrogen) atoms. The van der Waals surface area contributed by atoms with Crippen molar-refractivity contribution in [3.63, 3.8) is 0 Å². The van der Waals surface area contributed by atoms with Crippen LogP contribution in [0, 0.1) is 6.92 Å². The van der Waals surface area contributed by atoms with Gasteiger partial charge >= 0.3 is 5.97 Å². The van der Waals surface area contributed by atoms with Crippen LogP contribution in [0.2, 0.25) is 0 Å². The van der Waals surface area contributed by atoms with Crippen LogP contribution in [0.5, 0.6) is 5.75 Å². The molecule has 2 heterocycles. The molecule has 0 aliphatic carbocycles. The Morgan fingerprint density at radius 3 is 2.59 bits per heavy atom. The topological polar surface area (TPSA) is 65.5 Å². The number of nitrogens with zero attached hydrogens (tertiary/aromatic N) is 1. The van der Waals surface area contributed by atoms with Crippen LogP contribution < -0.4 is 4.74 Å². The summed E-state index contributed by atoms with van der Waals surface area (Å²) in [7, 11) is 1.62. The molecule has 1 aromatic carbocycles. The van der Waals surface area contributed by atoms with E-state index in [1.807, 2.05) is 35.7 Å². The summed E-state index contributed by atoms with van der Waals surface area (Å²) in [6.45, 7) is 2.01. The average Bonchev–Trinajstić information content (AvgIpc) is 3.35. The fourth-order valence-electron chi connectivity index (χ4n) is 2.47. The zero-order valence-electron chi connectivity index (χ0n) is 15.1. The smallest absolute Gasteiger partial charge is 0.350 e. The Morgan fingerprint density at radius 2 is 1.93 bits per heavy atom. The van der Waals surface area contributed by atoms with Crippen LogP contribution in [0.4, 0.5) is 0 Å². The summed E-state index contributed by atoms with van der Waals surface area (Å²) < 4.78 is 10.5. The Labute approximate surface area is 165 Å². The van der Waals surface area contributed by atoms with Crippen molar-refractivity contribution in [1.29, 1.82) is 0 Å². The number of carbonyl (C=O) groups excluding carboxylic acids is 2. The number of ether oxygens (including phenoxy) is 2. The van der Waals surface area contributed by atoms with Gasteiger partial charge in [-0.1, -0.05) is 6.07 Å². The van der Waals surface area contributed by atoms with Crippen molar-refractivity contribution in [1.82, 2.24) is 4.98 Å². The van der Waals surface area contributed by atoms with Crippen molar-refractivity contribution in [3.8, 4) is 16.3 Å². The number of rotatable bonds is 8. The lowest BCUT2D eigenvalue weighted by Crippen LogP contribution is -2.07. The van der Waals surface area contributed by atoms with Crippen molar-refractivity contribution < 1.29 is 19.1 Å². The van der Waals surface area contributed by atoms with Gasteiger partial charge in [0, 0.05) is 12.0 Å². The molecule has 0 radical (unpaired) electrons. The van der Waals surface area contributed by atoms with E-state index in [0.717, 1.165) is 21.2 Å². The third-order valence-electron chi connectivity index (χ3n) is 3.90. The molecular weight excluding hydrogens is 382 g/mol. The number of hydrogen-bond acceptors (Lipinski definition) is 7. The van der Waals surface area contributed by atoms with E-state index in [1.165, 1.54) is 22.7 Å². The molecule has 0 fully saturated rings. The summed E-state index contributed by atoms with van der Waals surface area (Å²) in [4.78, 5) is 30.0. The predicted octanol–water partition coefficient (Wildman–Crippen LogP) is 5.01. The molecule has 0 aliphatic heterocycles. The van der Waals surface area contributed by atoms with Crippen LogP contribution >= 0.6 is 22.7 Å². The lowest BCUT2D eigenvalue weighted by Gasteiger charge is -2.03. The van der Waals surface area contributed by atoms with Gasteiger partial charge < -0.3 is 9.47 Å². The van der Waals surface area contributed by atoms with Crippen molar-refractivity contribution in [2.45, 2.75) is 19.8 Å². The molecule has 5 nitrogen and oxygen atoms in total. The second-order valence-corrected chi connectivity index (χ2v) is 7.75. The second-order valence-electron chi connectivity index (χ2n) is 5.80. The van der Waals surface area contributed by atoms with Crippen LogP contribution in [0.3, 0.4) is 0 Å². The van der Waals surface area contributed by atoms with Crippen molar-refractivity contribution in [2.75, 3.05) is 13.7 Å². The summed E-state index contributed by atoms with van der Waals surface area (Å²) in [5.74, 6) is 0.453. The molecule has 0 spiro atoms. The normalized spacial score (nSPS) is 10.6. The van der Waals surface area contributed by atoms with Gasteiger partial charge in [0.15, 0.2) is 5.78 Å². The molecule has 0 atom stereocenters. The maximum atomic E-state index is 12.3. The first-order chi connectivity index (χ1) is 13.1. The monoisotopic (exact) mass is 401 g/mol. The summed E-state index contributed by atoms with van der Waals surface area (Å²) >= 11 is 2.73. The van der Waals surface area contributed by atoms with Gasteiger partial charge in [0.05, 0.1) is 24.3 Å². The van der Waals surface area contributed by atoms with Gasteiger partial charge in [-0.2, -0.15) is 0 Å². The fourth-order valence-corrected chi connectivity index (χ4v) is 4.13. The van der Waals surface area contributed by atoms with Gasteiger partial charge in [-0.05, 0) is 49.1 Å². The molecule has 0 saturated heterocycles. The Hall–Kier alpha value is -2.51. The van der Waals surface area contributed by atoms with E-state index in [0.29, 0.717) is 23.4 Å². The molecule has 0 bridgehead atoms. The number of aromatic nitrogens is 1. The van der Waals surface area contributed by atoms with Crippen LogP contribution in [-0.4, -0.2) is 30.5 Å². The number of methoxy groups -OCH3 is 1. The number of esters is 1. The van der Waals surface area contributed by atoms with Gasteiger partial charge in [0.2, 0.25) is 0 Å². The zero-order chi connectivity index (χ0) is 19.2. The van der Waals surface area contributed by atoms with Crippen LogP contribution in [-0.2, 0) is 4.74 Å². The second kappa shape index (κ2) is 8.92. The van der Waals surface area contributed by atoms with E-state index in [4.69, 9.17) is 9.47 Å². The van der Waals surface area contributed by atoms with Crippen molar-refractivity contribution in [3.05, 3.63) is 57.2 Å². The summed E-state index contributed by atoms with van der Waals surface area (Å²) in [6.07, 6.45) is 0.873. The highest BCUT2D eigenvalue weighted by atomic mass is 32.1. The molecule has 140 valence electrons. The van der Waals surface area contributed by atoms with E-state index >= 15 is 0 Å². The lowest BCUT2D eigenvalue weighted by molar-refractivity contribution is 0.0499. The number of carbonyl (C=O) groups is 2. The van der Waals surface area contributed by atoms with E-state index < -0.39 is 5.97 Å². The summed E-state index contributed by atoms with van der Waals surface area (Å²) in [5, 5.41) is 2.63. The molecule has 0 unspecified atom stereocenters. The Balaban J connectivity index is 1.55. The Morgan fingerprint density at radius 1 is 1.15 bits per heavy atom. The van der Waals surface area contributed by atoms with Crippen LogP contribution in [0.15, 0.2) is 41.8 Å². The quantitative estimate of drug-likeness (QED) is 0.302. The van der Waals surface area contributed by atoms with Gasteiger partial charge in [-0.3, -0.25) is 4.79 Å². The predicted molar refractivity (Wildman–Crippen MR) is 107 cm³/mol. The first-order valence-corrected chi connectivity index (χ1v) is 10.1. The molecule has 0 saturated carbocycles. The van der Waals surface area contributed by atoms with E-state index in [-0.39, 0.29) is 12.4 Å². The number of Topliss-reactive ketones (excluding diaryl/α,β-unsaturated/α-hetero) is 1. The highest BCUT2D eigenvalue weighted by Crippen LogP contribution is 2.29. The minimum Gasteiger partial charge on any atom is -0.497 e. The summed E-state index contributed by atoms with van der Waals surface area (Å²) in [6, 6.07) is 11.2. The van der Waals surface area contributed by atoms with Crippen LogP contribution in [0.1, 0.15) is 37.9 Å². The molecular formula is C20H19NO4S2. The highest BCUT2D eigenvalue weighted by Gasteiger charge is 2.18. The molecule has 3 aromatic rings. The number of thiophene rings is 1. The van der Waals surface area contributed by atoms with Gasteiger partial charge in [-0.15, -0.1) is 22.7 Å². The van der Waals surface area contributed by atoms with E-state index in [1.54, 1.807) is 20.1 Å². The molecule has 0 aliphatic rings. The van der Waals surface area contributed by atoms with Crippen LogP contribution in [0.25, 0.3) is 10.6 Å². The molecule has 0 amide bonds. The van der Waals surface area contributed by atoms with Crippen molar-refractivity contribution in [2.24, 2.45) is 0 Å². The number of thiazole rings is 1. The molecule has 2 aromatic heterocycles. The van der Waals surface area contributed by atoms with E-state index in [2.05, 4.69) is 4.98 Å². The lowest BCUT2D eigenvalue weighted by atomic mass is 10.2. The van der Waals surface area contributed by atoms with Crippen molar-refractivity contribution >= 4 is 34.4 Å². The first kappa shape index (κ1) is 19.3. The first-order valence-electron chi connectivity index (χ1n) is 8.44. The van der Waals surface area contributed by atoms with Gasteiger partial charge in [-0.25, -0.2) is 9.78 Å². The Bertz CT molecular complexity index is 914. The number of benzene rings is 1. The third kappa shape index (κ3) is 4.81. The molecule has 0 N–H and O–H groups in total. The zero-order valence-corrected chi connectivity index (χ0v) is 16.7. The summed E-state index contributed by atoms with van der Waals surface area (Å²) in [5.41, 5.74) is 1.56. The minimum atomic E-state index is -0.395. The average molecular weight is 402 g/mol. The molecule has 3 rings (SSSR count). The number of ketones is 1. The maximum Gasteiger partial charge on any atom is 0.350 e. The van der Waals surface area contributed by atoms with E-state index in [9.17, 15) is 9.59 Å². The van der Waals surface area contributed by atoms with Gasteiger partial charge in [0.1, 0.15) is 15.6 Å². The third-order valence-corrected chi connectivity index (χ3v) is 5.99. The SMILES string of the molecule is COc1ccc(-c2nc(C)c(C(=O)OCCCC(=O)c3cccs3)s2)cc1. The number of aryl methyl sites for hydroxylation is 1. The minimum absolute atomic E-state index is 0.0804. The molecule has 7 heteroatoms. The fraction of sp³-hybridized carbons (Fsp3) is 0.250. The maximum absolute atomic E-state index is 12.3.